The predicted molar refractivity (Wildman–Crippen MR) is 57.4 cm³/mol. The second kappa shape index (κ2) is 4.75. The fourth-order valence-corrected chi connectivity index (χ4v) is 1.68. The summed E-state index contributed by atoms with van der Waals surface area (Å²) in [6.07, 6.45) is 0. The van der Waals surface area contributed by atoms with Gasteiger partial charge in [-0.2, -0.15) is 0 Å². The molecule has 7 heteroatoms. The Labute approximate surface area is 95.1 Å². The van der Waals surface area contributed by atoms with E-state index in [1.807, 2.05) is 0 Å². The monoisotopic (exact) mass is 242 g/mol. The van der Waals surface area contributed by atoms with Gasteiger partial charge in [0.2, 0.25) is 0 Å². The number of nitrogens with one attached hydrogen (secondary N) is 1. The topological polar surface area (TPSA) is 109 Å². The van der Waals surface area contributed by atoms with Crippen LogP contribution in [-0.2, 0) is 4.79 Å². The molecule has 4 N–H and O–H groups in total. The molecule has 2 amide bonds. The van der Waals surface area contributed by atoms with E-state index < -0.39 is 23.8 Å². The van der Waals surface area contributed by atoms with Crippen LogP contribution in [0.25, 0.3) is 0 Å². The van der Waals surface area contributed by atoms with Gasteiger partial charge in [0.1, 0.15) is 6.04 Å². The number of nitrogens with two attached hydrogens (primary N) is 1. The number of rotatable bonds is 4. The lowest BCUT2D eigenvalue weighted by atomic mass is 10.3. The fraction of sp³-hybridized carbons (Fsp3) is 0.222. The molecule has 0 unspecified atom stereocenters. The second-order valence-corrected chi connectivity index (χ2v) is 4.15. The molecule has 1 rings (SSSR count). The molecule has 0 saturated heterocycles. The standard InChI is InChI=1S/C9H10N2O4S/c1-4(9(14)15)11-8(13)6-3-2-5(16-6)7(10)12/h2-4H,1H3,(H2,10,12)(H,11,13)(H,14,15)/t4-/m1/s1. The van der Waals surface area contributed by atoms with E-state index in [1.165, 1.54) is 19.1 Å². The minimum atomic E-state index is -1.12. The van der Waals surface area contributed by atoms with E-state index in [4.69, 9.17) is 10.8 Å². The number of aliphatic carboxylic acids is 1. The van der Waals surface area contributed by atoms with Crippen molar-refractivity contribution in [3.05, 3.63) is 21.9 Å². The highest BCUT2D eigenvalue weighted by atomic mass is 32.1. The number of thiophene rings is 1. The number of carbonyl (C=O) groups excluding carboxylic acids is 2. The molecule has 0 aromatic carbocycles. The lowest BCUT2D eigenvalue weighted by Gasteiger charge is -2.07. The van der Waals surface area contributed by atoms with Crippen LogP contribution >= 0.6 is 11.3 Å². The molecular formula is C9H10N2O4S. The number of amides is 2. The molecule has 0 spiro atoms. The molecule has 0 radical (unpaired) electrons. The van der Waals surface area contributed by atoms with Crippen LogP contribution in [0, 0.1) is 0 Å². The van der Waals surface area contributed by atoms with E-state index in [0.717, 1.165) is 11.3 Å². The van der Waals surface area contributed by atoms with E-state index in [2.05, 4.69) is 5.32 Å². The highest BCUT2D eigenvalue weighted by Gasteiger charge is 2.17. The summed E-state index contributed by atoms with van der Waals surface area (Å²) in [5.41, 5.74) is 5.02. The Morgan fingerprint density at radius 3 is 2.38 bits per heavy atom. The van der Waals surface area contributed by atoms with Gasteiger partial charge in [-0.05, 0) is 19.1 Å². The Balaban J connectivity index is 2.73. The summed E-state index contributed by atoms with van der Waals surface area (Å²) in [4.78, 5) is 33.3. The number of carboxylic acids is 1. The molecule has 6 nitrogen and oxygen atoms in total. The van der Waals surface area contributed by atoms with Crippen LogP contribution in [0.15, 0.2) is 12.1 Å². The zero-order valence-corrected chi connectivity index (χ0v) is 9.21. The van der Waals surface area contributed by atoms with E-state index in [1.54, 1.807) is 0 Å². The molecule has 0 fully saturated rings. The van der Waals surface area contributed by atoms with Gasteiger partial charge < -0.3 is 16.2 Å². The molecule has 16 heavy (non-hydrogen) atoms. The second-order valence-electron chi connectivity index (χ2n) is 3.06. The third kappa shape index (κ3) is 2.80. The van der Waals surface area contributed by atoms with Gasteiger partial charge in [-0.3, -0.25) is 14.4 Å². The fourth-order valence-electron chi connectivity index (χ4n) is 0.922. The maximum atomic E-state index is 11.5. The molecule has 1 heterocycles. The van der Waals surface area contributed by atoms with Crippen molar-refractivity contribution in [1.29, 1.82) is 0 Å². The highest BCUT2D eigenvalue weighted by Crippen LogP contribution is 2.15. The van der Waals surface area contributed by atoms with Gasteiger partial charge in [0.15, 0.2) is 0 Å². The number of primary amides is 1. The van der Waals surface area contributed by atoms with Crippen LogP contribution in [-0.4, -0.2) is 28.9 Å². The Hall–Kier alpha value is -1.89. The summed E-state index contributed by atoms with van der Waals surface area (Å²) in [6.45, 7) is 1.35. The first kappa shape index (κ1) is 12.2. The molecule has 0 bridgehead atoms. The molecule has 0 aliphatic rings. The predicted octanol–water partition coefficient (Wildman–Crippen LogP) is 0.0499. The molecule has 1 atom stereocenters. The van der Waals surface area contributed by atoms with Crippen LogP contribution in [0.4, 0.5) is 0 Å². The van der Waals surface area contributed by atoms with Crippen molar-refractivity contribution in [2.75, 3.05) is 0 Å². The number of hydrogen-bond acceptors (Lipinski definition) is 4. The first-order valence-corrected chi connectivity index (χ1v) is 5.16. The Bertz CT molecular complexity index is 440. The molecular weight excluding hydrogens is 232 g/mol. The number of hydrogen-bond donors (Lipinski definition) is 3. The van der Waals surface area contributed by atoms with Crippen LogP contribution < -0.4 is 11.1 Å². The smallest absolute Gasteiger partial charge is 0.325 e. The van der Waals surface area contributed by atoms with Gasteiger partial charge in [-0.25, -0.2) is 0 Å². The molecule has 86 valence electrons. The molecule has 0 aliphatic carbocycles. The first-order chi connectivity index (χ1) is 7.41. The zero-order valence-electron chi connectivity index (χ0n) is 8.39. The zero-order chi connectivity index (χ0) is 12.3. The number of carbonyl (C=O) groups is 3. The van der Waals surface area contributed by atoms with Crippen molar-refractivity contribution in [3.8, 4) is 0 Å². The minimum absolute atomic E-state index is 0.252. The summed E-state index contributed by atoms with van der Waals surface area (Å²) in [6, 6.07) is 1.87. The van der Waals surface area contributed by atoms with Gasteiger partial charge >= 0.3 is 5.97 Å². The summed E-state index contributed by atoms with van der Waals surface area (Å²) < 4.78 is 0. The van der Waals surface area contributed by atoms with Crippen LogP contribution in [0.3, 0.4) is 0 Å². The Morgan fingerprint density at radius 2 is 1.94 bits per heavy atom. The summed E-state index contributed by atoms with van der Waals surface area (Å²) in [5, 5.41) is 10.9. The summed E-state index contributed by atoms with van der Waals surface area (Å²) in [5.74, 6) is -2.28. The highest BCUT2D eigenvalue weighted by molar-refractivity contribution is 7.15. The van der Waals surface area contributed by atoms with Crippen molar-refractivity contribution in [3.63, 3.8) is 0 Å². The van der Waals surface area contributed by atoms with E-state index in [9.17, 15) is 14.4 Å². The Kier molecular flexibility index (Phi) is 3.62. The van der Waals surface area contributed by atoms with Gasteiger partial charge in [0.05, 0.1) is 9.75 Å². The van der Waals surface area contributed by atoms with E-state index in [0.29, 0.717) is 0 Å². The summed E-state index contributed by atoms with van der Waals surface area (Å²) >= 11 is 0.923. The maximum Gasteiger partial charge on any atom is 0.325 e. The summed E-state index contributed by atoms with van der Waals surface area (Å²) in [7, 11) is 0. The number of carboxylic acid groups (broad SMARTS) is 1. The van der Waals surface area contributed by atoms with Crippen molar-refractivity contribution in [1.82, 2.24) is 5.32 Å². The molecule has 0 aliphatic heterocycles. The first-order valence-electron chi connectivity index (χ1n) is 4.35. The quantitative estimate of drug-likeness (QED) is 0.692. The van der Waals surface area contributed by atoms with Gasteiger partial charge in [0, 0.05) is 0 Å². The van der Waals surface area contributed by atoms with Crippen LogP contribution in [0.2, 0.25) is 0 Å². The van der Waals surface area contributed by atoms with Crippen molar-refractivity contribution in [2.45, 2.75) is 13.0 Å². The van der Waals surface area contributed by atoms with Gasteiger partial charge in [-0.1, -0.05) is 0 Å². The average Bonchev–Trinajstić information content (AvgIpc) is 2.65. The van der Waals surface area contributed by atoms with E-state index in [-0.39, 0.29) is 9.75 Å². The normalized spacial score (nSPS) is 11.8. The SMILES string of the molecule is C[C@@H](NC(=O)c1ccc(C(N)=O)s1)C(=O)O. The average molecular weight is 242 g/mol. The minimum Gasteiger partial charge on any atom is -0.480 e. The van der Waals surface area contributed by atoms with Crippen LogP contribution in [0.5, 0.6) is 0 Å². The third-order valence-corrected chi connectivity index (χ3v) is 2.89. The lowest BCUT2D eigenvalue weighted by molar-refractivity contribution is -0.138. The van der Waals surface area contributed by atoms with Crippen molar-refractivity contribution in [2.24, 2.45) is 5.73 Å². The molecule has 0 saturated carbocycles. The van der Waals surface area contributed by atoms with Crippen molar-refractivity contribution >= 4 is 29.1 Å². The molecule has 1 aromatic rings. The van der Waals surface area contributed by atoms with Crippen molar-refractivity contribution < 1.29 is 19.5 Å². The van der Waals surface area contributed by atoms with Gasteiger partial charge in [0.25, 0.3) is 11.8 Å². The van der Waals surface area contributed by atoms with E-state index >= 15 is 0 Å². The van der Waals surface area contributed by atoms with Gasteiger partial charge in [-0.15, -0.1) is 11.3 Å². The Morgan fingerprint density at radius 1 is 1.38 bits per heavy atom. The maximum absolute atomic E-state index is 11.5. The third-order valence-electron chi connectivity index (χ3n) is 1.79. The lowest BCUT2D eigenvalue weighted by Crippen LogP contribution is -2.37. The molecule has 1 aromatic heterocycles. The largest absolute Gasteiger partial charge is 0.480 e. The van der Waals surface area contributed by atoms with Crippen LogP contribution in [0.1, 0.15) is 26.3 Å².